The smallest absolute Gasteiger partial charge is 0.181 e. The van der Waals surface area contributed by atoms with Crippen molar-refractivity contribution in [3.63, 3.8) is 0 Å². The van der Waals surface area contributed by atoms with E-state index in [1.165, 1.54) is 7.11 Å². The number of phenolic OH excluding ortho intramolecular Hbond substituents is 1. The molecule has 5 heteroatoms. The zero-order valence-electron chi connectivity index (χ0n) is 9.19. The predicted octanol–water partition coefficient (Wildman–Crippen LogP) is 1.75. The normalized spacial score (nSPS) is 10.4. The lowest BCUT2D eigenvalue weighted by Gasteiger charge is -2.03. The molecule has 0 atom stereocenters. The van der Waals surface area contributed by atoms with Gasteiger partial charge >= 0.3 is 0 Å². The highest BCUT2D eigenvalue weighted by Crippen LogP contribution is 2.29. The molecule has 0 aliphatic carbocycles. The Kier molecular flexibility index (Phi) is 2.76. The minimum absolute atomic E-state index is 0.109. The number of aromatic nitrogens is 3. The minimum atomic E-state index is 0.109. The van der Waals surface area contributed by atoms with Crippen LogP contribution in [0.1, 0.15) is 12.7 Å². The minimum Gasteiger partial charge on any atom is -0.504 e. The first-order valence-electron chi connectivity index (χ1n) is 5.03. The van der Waals surface area contributed by atoms with Crippen molar-refractivity contribution in [1.29, 1.82) is 0 Å². The summed E-state index contributed by atoms with van der Waals surface area (Å²) in [5.74, 6) is 1.97. The molecule has 1 aromatic carbocycles. The van der Waals surface area contributed by atoms with Crippen LogP contribution in [0, 0.1) is 0 Å². The highest BCUT2D eigenvalue weighted by molar-refractivity contribution is 5.60. The fourth-order valence-corrected chi connectivity index (χ4v) is 1.40. The van der Waals surface area contributed by atoms with E-state index in [1.807, 2.05) is 6.92 Å². The van der Waals surface area contributed by atoms with Gasteiger partial charge in [-0.15, -0.1) is 0 Å². The lowest BCUT2D eigenvalue weighted by Crippen LogP contribution is -1.86. The van der Waals surface area contributed by atoms with Gasteiger partial charge in [-0.3, -0.25) is 5.10 Å². The third-order valence-corrected chi connectivity index (χ3v) is 2.30. The molecule has 0 radical (unpaired) electrons. The lowest BCUT2D eigenvalue weighted by molar-refractivity contribution is 0.373. The van der Waals surface area contributed by atoms with Gasteiger partial charge in [0.15, 0.2) is 17.3 Å². The van der Waals surface area contributed by atoms with Crippen LogP contribution in [0.3, 0.4) is 0 Å². The number of phenols is 1. The molecular formula is C11H13N3O2. The molecule has 0 amide bonds. The van der Waals surface area contributed by atoms with Crippen LogP contribution >= 0.6 is 0 Å². The first-order chi connectivity index (χ1) is 7.74. The summed E-state index contributed by atoms with van der Waals surface area (Å²) < 4.78 is 5.02. The number of nitrogens with one attached hydrogen (secondary N) is 1. The van der Waals surface area contributed by atoms with E-state index in [-0.39, 0.29) is 5.75 Å². The van der Waals surface area contributed by atoms with E-state index in [0.29, 0.717) is 11.6 Å². The Morgan fingerprint density at radius 3 is 2.88 bits per heavy atom. The molecule has 0 saturated heterocycles. The fourth-order valence-electron chi connectivity index (χ4n) is 1.40. The summed E-state index contributed by atoms with van der Waals surface area (Å²) >= 11 is 0. The van der Waals surface area contributed by atoms with E-state index in [1.54, 1.807) is 18.2 Å². The second-order valence-corrected chi connectivity index (χ2v) is 3.35. The Morgan fingerprint density at radius 1 is 1.44 bits per heavy atom. The maximum atomic E-state index is 9.46. The maximum Gasteiger partial charge on any atom is 0.181 e. The standard InChI is InChI=1S/C11H13N3O2/c1-3-10-12-11(14-13-10)7-4-5-8(15)9(6-7)16-2/h4-6,15H,3H2,1-2H3,(H,12,13,14). The molecule has 2 aromatic rings. The molecule has 0 aliphatic heterocycles. The number of aromatic hydroxyl groups is 1. The quantitative estimate of drug-likeness (QED) is 0.825. The van der Waals surface area contributed by atoms with E-state index in [4.69, 9.17) is 4.74 Å². The molecule has 84 valence electrons. The molecule has 0 fully saturated rings. The van der Waals surface area contributed by atoms with Gasteiger partial charge in [-0.1, -0.05) is 6.92 Å². The van der Waals surface area contributed by atoms with E-state index in [9.17, 15) is 5.11 Å². The van der Waals surface area contributed by atoms with Crippen LogP contribution < -0.4 is 4.74 Å². The summed E-state index contributed by atoms with van der Waals surface area (Å²) in [7, 11) is 1.51. The average molecular weight is 219 g/mol. The Morgan fingerprint density at radius 2 is 2.25 bits per heavy atom. The Labute approximate surface area is 93.1 Å². The number of methoxy groups -OCH3 is 1. The number of rotatable bonds is 3. The Hall–Kier alpha value is -2.04. The molecule has 16 heavy (non-hydrogen) atoms. The van der Waals surface area contributed by atoms with Crippen molar-refractivity contribution in [3.8, 4) is 22.9 Å². The number of aryl methyl sites for hydroxylation is 1. The molecule has 2 rings (SSSR count). The van der Waals surface area contributed by atoms with Crippen molar-refractivity contribution in [2.45, 2.75) is 13.3 Å². The highest BCUT2D eigenvalue weighted by Gasteiger charge is 2.08. The van der Waals surface area contributed by atoms with Crippen LogP contribution in [0.15, 0.2) is 18.2 Å². The van der Waals surface area contributed by atoms with Gasteiger partial charge < -0.3 is 9.84 Å². The van der Waals surface area contributed by atoms with Gasteiger partial charge in [0.1, 0.15) is 5.82 Å². The van der Waals surface area contributed by atoms with Gasteiger partial charge in [-0.05, 0) is 18.2 Å². The topological polar surface area (TPSA) is 71.0 Å². The molecule has 1 aromatic heterocycles. The zero-order valence-corrected chi connectivity index (χ0v) is 9.19. The Bertz CT molecular complexity index is 494. The van der Waals surface area contributed by atoms with Crippen LogP contribution in [0.2, 0.25) is 0 Å². The first kappa shape index (κ1) is 10.5. The van der Waals surface area contributed by atoms with Gasteiger partial charge in [-0.2, -0.15) is 5.10 Å². The van der Waals surface area contributed by atoms with Crippen molar-refractivity contribution >= 4 is 0 Å². The Balaban J connectivity index is 2.40. The third kappa shape index (κ3) is 1.84. The summed E-state index contributed by atoms with van der Waals surface area (Å²) in [5.41, 5.74) is 0.811. The molecule has 2 N–H and O–H groups in total. The molecule has 5 nitrogen and oxygen atoms in total. The summed E-state index contributed by atoms with van der Waals surface area (Å²) in [6.45, 7) is 2.00. The van der Waals surface area contributed by atoms with Crippen LogP contribution in [-0.4, -0.2) is 27.4 Å². The van der Waals surface area contributed by atoms with Crippen molar-refractivity contribution in [2.75, 3.05) is 7.11 Å². The molecule has 1 heterocycles. The molecule has 0 unspecified atom stereocenters. The van der Waals surface area contributed by atoms with Gasteiger partial charge in [0.05, 0.1) is 7.11 Å². The lowest BCUT2D eigenvalue weighted by atomic mass is 10.2. The van der Waals surface area contributed by atoms with Crippen LogP contribution in [-0.2, 0) is 6.42 Å². The summed E-state index contributed by atoms with van der Waals surface area (Å²) in [6.07, 6.45) is 0.808. The molecule has 0 saturated carbocycles. The number of nitrogens with zero attached hydrogens (tertiary/aromatic N) is 2. The first-order valence-corrected chi connectivity index (χ1v) is 5.03. The monoisotopic (exact) mass is 219 g/mol. The van der Waals surface area contributed by atoms with Gasteiger partial charge in [0, 0.05) is 12.0 Å². The molecule has 0 bridgehead atoms. The number of hydrogen-bond acceptors (Lipinski definition) is 4. The van der Waals surface area contributed by atoms with Crippen LogP contribution in [0.5, 0.6) is 11.5 Å². The second kappa shape index (κ2) is 4.22. The van der Waals surface area contributed by atoms with E-state index < -0.39 is 0 Å². The number of H-pyrrole nitrogens is 1. The summed E-state index contributed by atoms with van der Waals surface area (Å²) in [5, 5.41) is 16.4. The highest BCUT2D eigenvalue weighted by atomic mass is 16.5. The second-order valence-electron chi connectivity index (χ2n) is 3.35. The fraction of sp³-hybridized carbons (Fsp3) is 0.273. The van der Waals surface area contributed by atoms with Crippen molar-refractivity contribution in [3.05, 3.63) is 24.0 Å². The van der Waals surface area contributed by atoms with Crippen LogP contribution in [0.25, 0.3) is 11.4 Å². The summed E-state index contributed by atoms with van der Waals surface area (Å²) in [6, 6.07) is 5.02. The van der Waals surface area contributed by atoms with Crippen molar-refractivity contribution < 1.29 is 9.84 Å². The SMILES string of the molecule is CCc1nc(-c2ccc(O)c(OC)c2)n[nH]1. The third-order valence-electron chi connectivity index (χ3n) is 2.30. The predicted molar refractivity (Wildman–Crippen MR) is 59.4 cm³/mol. The number of aromatic amines is 1. The van der Waals surface area contributed by atoms with E-state index >= 15 is 0 Å². The largest absolute Gasteiger partial charge is 0.504 e. The van der Waals surface area contributed by atoms with Gasteiger partial charge in [-0.25, -0.2) is 4.98 Å². The van der Waals surface area contributed by atoms with E-state index in [0.717, 1.165) is 17.8 Å². The molecule has 0 aliphatic rings. The van der Waals surface area contributed by atoms with Crippen molar-refractivity contribution in [1.82, 2.24) is 15.2 Å². The van der Waals surface area contributed by atoms with Gasteiger partial charge in [0.25, 0.3) is 0 Å². The maximum absolute atomic E-state index is 9.46. The zero-order chi connectivity index (χ0) is 11.5. The number of benzene rings is 1. The molecular weight excluding hydrogens is 206 g/mol. The van der Waals surface area contributed by atoms with Gasteiger partial charge in [0.2, 0.25) is 0 Å². The van der Waals surface area contributed by atoms with Crippen molar-refractivity contribution in [2.24, 2.45) is 0 Å². The number of hydrogen-bond donors (Lipinski definition) is 2. The number of ether oxygens (including phenoxy) is 1. The summed E-state index contributed by atoms with van der Waals surface area (Å²) in [4.78, 5) is 4.30. The average Bonchev–Trinajstić information content (AvgIpc) is 2.78. The van der Waals surface area contributed by atoms with Crippen LogP contribution in [0.4, 0.5) is 0 Å². The van der Waals surface area contributed by atoms with E-state index in [2.05, 4.69) is 15.2 Å². The molecule has 0 spiro atoms.